The van der Waals surface area contributed by atoms with Crippen LogP contribution in [-0.2, 0) is 0 Å². The number of anilines is 1. The van der Waals surface area contributed by atoms with Crippen molar-refractivity contribution in [2.75, 3.05) is 5.32 Å². The zero-order valence-corrected chi connectivity index (χ0v) is 10.2. The Balaban J connectivity index is 2.00. The monoisotopic (exact) mass is 246 g/mol. The number of ether oxygens (including phenoxy) is 1. The van der Waals surface area contributed by atoms with E-state index in [-0.39, 0.29) is 17.8 Å². The van der Waals surface area contributed by atoms with Crippen LogP contribution in [0.25, 0.3) is 0 Å². The van der Waals surface area contributed by atoms with Gasteiger partial charge in [0.15, 0.2) is 0 Å². The Hall–Kier alpha value is -2.30. The lowest BCUT2D eigenvalue weighted by Gasteiger charge is -2.10. The summed E-state index contributed by atoms with van der Waals surface area (Å²) in [7, 11) is 0. The maximum Gasteiger partial charge on any atom is 0.294 e. The highest BCUT2D eigenvalue weighted by Gasteiger charge is 2.09. The van der Waals surface area contributed by atoms with Crippen molar-refractivity contribution >= 4 is 11.6 Å². The maximum atomic E-state index is 11.7. The van der Waals surface area contributed by atoms with Crippen molar-refractivity contribution in [2.24, 2.45) is 0 Å². The predicted octanol–water partition coefficient (Wildman–Crippen LogP) is 2.71. The molecular weight excluding hydrogens is 232 g/mol. The number of rotatable bonds is 4. The van der Waals surface area contributed by atoms with Gasteiger partial charge in [-0.25, -0.2) is 0 Å². The van der Waals surface area contributed by atoms with Gasteiger partial charge in [0.05, 0.1) is 12.3 Å². The van der Waals surface area contributed by atoms with Crippen molar-refractivity contribution in [1.29, 1.82) is 0 Å². The molecule has 1 heterocycles. The summed E-state index contributed by atoms with van der Waals surface area (Å²) < 4.78 is 10.3. The minimum atomic E-state index is -0.329. The molecule has 0 unspecified atom stereocenters. The number of carbonyl (C=O) groups excluding carboxylic acids is 1. The molecule has 0 saturated heterocycles. The van der Waals surface area contributed by atoms with Crippen LogP contribution in [0.1, 0.15) is 24.4 Å². The molecule has 1 amide bonds. The van der Waals surface area contributed by atoms with Gasteiger partial charge < -0.3 is 14.6 Å². The molecule has 2 rings (SSSR count). The molecule has 2 aromatic rings. The largest absolute Gasteiger partial charge is 0.491 e. The van der Waals surface area contributed by atoms with Crippen molar-refractivity contribution in [3.05, 3.63) is 42.3 Å². The Morgan fingerprint density at radius 2 is 2.00 bits per heavy atom. The Labute approximate surface area is 105 Å². The number of carbonyl (C=O) groups is 1. The van der Waals surface area contributed by atoms with Crippen molar-refractivity contribution < 1.29 is 14.1 Å². The maximum absolute atomic E-state index is 11.7. The zero-order valence-electron chi connectivity index (χ0n) is 10.2. The molecule has 94 valence electrons. The molecule has 0 aliphatic carbocycles. The normalized spacial score (nSPS) is 10.4. The number of benzene rings is 1. The number of hydrogen-bond acceptors (Lipinski definition) is 4. The van der Waals surface area contributed by atoms with Crippen LogP contribution in [0.5, 0.6) is 5.75 Å². The molecule has 0 radical (unpaired) electrons. The van der Waals surface area contributed by atoms with Gasteiger partial charge in [-0.15, -0.1) is 0 Å². The SMILES string of the molecule is CC(C)Oc1ccc(NC(=O)c2ccno2)cc1. The van der Waals surface area contributed by atoms with Crippen LogP contribution in [0.3, 0.4) is 0 Å². The Morgan fingerprint density at radius 3 is 2.56 bits per heavy atom. The third-order valence-electron chi connectivity index (χ3n) is 2.15. The number of aromatic nitrogens is 1. The van der Waals surface area contributed by atoms with E-state index in [4.69, 9.17) is 9.26 Å². The summed E-state index contributed by atoms with van der Waals surface area (Å²) in [5.74, 6) is 0.616. The lowest BCUT2D eigenvalue weighted by Crippen LogP contribution is -2.11. The summed E-state index contributed by atoms with van der Waals surface area (Å²) >= 11 is 0. The highest BCUT2D eigenvalue weighted by molar-refractivity contribution is 6.02. The van der Waals surface area contributed by atoms with Crippen LogP contribution in [0.15, 0.2) is 41.1 Å². The molecule has 1 aromatic heterocycles. The van der Waals surface area contributed by atoms with Gasteiger partial charge in [-0.1, -0.05) is 5.16 Å². The third-order valence-corrected chi connectivity index (χ3v) is 2.15. The van der Waals surface area contributed by atoms with Gasteiger partial charge in [0.1, 0.15) is 5.75 Å². The Kier molecular flexibility index (Phi) is 3.62. The third kappa shape index (κ3) is 3.10. The second-order valence-electron chi connectivity index (χ2n) is 4.02. The molecule has 0 aliphatic rings. The van der Waals surface area contributed by atoms with E-state index >= 15 is 0 Å². The minimum absolute atomic E-state index is 0.125. The second kappa shape index (κ2) is 5.35. The standard InChI is InChI=1S/C13H14N2O3/c1-9(2)17-11-5-3-10(4-6-11)15-13(16)12-7-8-14-18-12/h3-9H,1-2H3,(H,15,16). The van der Waals surface area contributed by atoms with Gasteiger partial charge >= 0.3 is 0 Å². The summed E-state index contributed by atoms with van der Waals surface area (Å²) in [4.78, 5) is 11.7. The van der Waals surface area contributed by atoms with Gasteiger partial charge in [0.25, 0.3) is 5.91 Å². The molecule has 0 atom stereocenters. The highest BCUT2D eigenvalue weighted by atomic mass is 16.5. The molecule has 18 heavy (non-hydrogen) atoms. The lowest BCUT2D eigenvalue weighted by molar-refractivity contribution is 0.0988. The molecule has 0 saturated carbocycles. The van der Waals surface area contributed by atoms with Crippen molar-refractivity contribution in [3.63, 3.8) is 0 Å². The van der Waals surface area contributed by atoms with Gasteiger partial charge in [0.2, 0.25) is 5.76 Å². The summed E-state index contributed by atoms with van der Waals surface area (Å²) in [6, 6.07) is 8.65. The van der Waals surface area contributed by atoms with Gasteiger partial charge in [-0.3, -0.25) is 4.79 Å². The number of nitrogens with one attached hydrogen (secondary N) is 1. The van der Waals surface area contributed by atoms with Crippen LogP contribution in [0.4, 0.5) is 5.69 Å². The molecule has 5 heteroatoms. The fraction of sp³-hybridized carbons (Fsp3) is 0.231. The van der Waals surface area contributed by atoms with Crippen LogP contribution < -0.4 is 10.1 Å². The fourth-order valence-electron chi connectivity index (χ4n) is 1.41. The van der Waals surface area contributed by atoms with E-state index in [2.05, 4.69) is 10.5 Å². The van der Waals surface area contributed by atoms with Gasteiger partial charge in [-0.2, -0.15) is 0 Å². The lowest BCUT2D eigenvalue weighted by atomic mass is 10.3. The van der Waals surface area contributed by atoms with E-state index in [0.717, 1.165) is 5.75 Å². The van der Waals surface area contributed by atoms with E-state index in [1.165, 1.54) is 12.3 Å². The Bertz CT molecular complexity index is 504. The smallest absolute Gasteiger partial charge is 0.294 e. The summed E-state index contributed by atoms with van der Waals surface area (Å²) in [5, 5.41) is 6.17. The summed E-state index contributed by atoms with van der Waals surface area (Å²) in [6.45, 7) is 3.92. The van der Waals surface area contributed by atoms with E-state index in [9.17, 15) is 4.79 Å². The minimum Gasteiger partial charge on any atom is -0.491 e. The van der Waals surface area contributed by atoms with E-state index in [1.807, 2.05) is 13.8 Å². The van der Waals surface area contributed by atoms with Crippen LogP contribution in [-0.4, -0.2) is 17.2 Å². The van der Waals surface area contributed by atoms with E-state index < -0.39 is 0 Å². The topological polar surface area (TPSA) is 64.4 Å². The van der Waals surface area contributed by atoms with Crippen molar-refractivity contribution in [1.82, 2.24) is 5.16 Å². The van der Waals surface area contributed by atoms with Crippen molar-refractivity contribution in [3.8, 4) is 5.75 Å². The quantitative estimate of drug-likeness (QED) is 0.900. The first kappa shape index (κ1) is 12.2. The first-order chi connectivity index (χ1) is 8.65. The molecule has 0 fully saturated rings. The predicted molar refractivity (Wildman–Crippen MR) is 66.7 cm³/mol. The van der Waals surface area contributed by atoms with Crippen LogP contribution >= 0.6 is 0 Å². The average molecular weight is 246 g/mol. The molecule has 5 nitrogen and oxygen atoms in total. The molecule has 0 bridgehead atoms. The summed E-state index contributed by atoms with van der Waals surface area (Å²) in [6.07, 6.45) is 1.55. The first-order valence-corrected chi connectivity index (χ1v) is 5.64. The fourth-order valence-corrected chi connectivity index (χ4v) is 1.41. The second-order valence-corrected chi connectivity index (χ2v) is 4.02. The molecule has 0 spiro atoms. The summed E-state index contributed by atoms with van der Waals surface area (Å²) in [5.41, 5.74) is 0.674. The number of nitrogens with zero attached hydrogens (tertiary/aromatic N) is 1. The molecule has 1 N–H and O–H groups in total. The van der Waals surface area contributed by atoms with Crippen LogP contribution in [0.2, 0.25) is 0 Å². The van der Waals surface area contributed by atoms with E-state index in [1.54, 1.807) is 24.3 Å². The Morgan fingerprint density at radius 1 is 1.28 bits per heavy atom. The highest BCUT2D eigenvalue weighted by Crippen LogP contribution is 2.17. The first-order valence-electron chi connectivity index (χ1n) is 5.64. The average Bonchev–Trinajstić information content (AvgIpc) is 2.84. The van der Waals surface area contributed by atoms with Gasteiger partial charge in [-0.05, 0) is 38.1 Å². The molecular formula is C13H14N2O3. The molecule has 1 aromatic carbocycles. The molecule has 0 aliphatic heterocycles. The number of amides is 1. The van der Waals surface area contributed by atoms with Gasteiger partial charge in [0, 0.05) is 11.8 Å². The van der Waals surface area contributed by atoms with E-state index in [0.29, 0.717) is 5.69 Å². The van der Waals surface area contributed by atoms with Crippen molar-refractivity contribution in [2.45, 2.75) is 20.0 Å². The number of hydrogen-bond donors (Lipinski definition) is 1. The zero-order chi connectivity index (χ0) is 13.0. The van der Waals surface area contributed by atoms with Crippen LogP contribution in [0, 0.1) is 0 Å².